The quantitative estimate of drug-likeness (QED) is 0.377. The highest BCUT2D eigenvalue weighted by atomic mass is 16.4. The molecule has 0 amide bonds. The molecule has 0 radical (unpaired) electrons. The van der Waals surface area contributed by atoms with Gasteiger partial charge < -0.3 is 20.2 Å². The van der Waals surface area contributed by atoms with E-state index < -0.39 is 11.9 Å². The minimum atomic E-state index is -0.833. The van der Waals surface area contributed by atoms with Crippen molar-refractivity contribution in [1.82, 2.24) is 9.97 Å². The van der Waals surface area contributed by atoms with Crippen LogP contribution in [-0.2, 0) is 9.59 Å². The first-order valence-corrected chi connectivity index (χ1v) is 8.89. The highest BCUT2D eigenvalue weighted by molar-refractivity contribution is 5.79. The number of carboxylic acids is 2. The summed E-state index contributed by atoms with van der Waals surface area (Å²) in [5.74, 6) is -1.54. The molecule has 2 heterocycles. The van der Waals surface area contributed by atoms with Gasteiger partial charge in [0.05, 0.1) is 0 Å². The lowest BCUT2D eigenvalue weighted by molar-refractivity contribution is -0.137. The van der Waals surface area contributed by atoms with Crippen LogP contribution in [0.3, 0.4) is 0 Å². The fourth-order valence-electron chi connectivity index (χ4n) is 2.20. The minimum Gasteiger partial charge on any atom is -0.481 e. The zero-order chi connectivity index (χ0) is 20.8. The molecule has 0 aliphatic heterocycles. The van der Waals surface area contributed by atoms with Crippen molar-refractivity contribution in [2.45, 2.75) is 26.7 Å². The number of benzene rings is 2. The number of hydrogen-bond acceptors (Lipinski definition) is 2. The third kappa shape index (κ3) is 9.24. The first kappa shape index (κ1) is 22.5. The van der Waals surface area contributed by atoms with Crippen LogP contribution in [-0.4, -0.2) is 32.1 Å². The molecule has 0 spiro atoms. The van der Waals surface area contributed by atoms with Crippen LogP contribution in [0.15, 0.2) is 73.1 Å². The number of nitrogens with one attached hydrogen (secondary N) is 2. The van der Waals surface area contributed by atoms with Crippen molar-refractivity contribution in [2.24, 2.45) is 0 Å². The fourth-order valence-corrected chi connectivity index (χ4v) is 2.20. The van der Waals surface area contributed by atoms with E-state index in [2.05, 4.69) is 46.4 Å². The summed E-state index contributed by atoms with van der Waals surface area (Å²) in [7, 11) is 0. The number of carboxylic acid groups (broad SMARTS) is 2. The first-order valence-electron chi connectivity index (χ1n) is 8.89. The summed E-state index contributed by atoms with van der Waals surface area (Å²) in [6, 6.07) is 20.6. The van der Waals surface area contributed by atoms with Crippen LogP contribution < -0.4 is 0 Å². The summed E-state index contributed by atoms with van der Waals surface area (Å²) in [6.45, 7) is 2.92. The van der Waals surface area contributed by atoms with Crippen molar-refractivity contribution in [3.8, 4) is 0 Å². The zero-order valence-electron chi connectivity index (χ0n) is 16.1. The average Bonchev–Trinajstić information content (AvgIpc) is 3.31. The molecule has 0 saturated heterocycles. The number of aliphatic carboxylic acids is 2. The molecule has 0 aliphatic rings. The van der Waals surface area contributed by atoms with Gasteiger partial charge in [0.2, 0.25) is 0 Å². The number of carbonyl (C=O) groups is 2. The van der Waals surface area contributed by atoms with Gasteiger partial charge in [0.25, 0.3) is 5.97 Å². The van der Waals surface area contributed by atoms with Gasteiger partial charge in [-0.2, -0.15) is 0 Å². The van der Waals surface area contributed by atoms with Crippen molar-refractivity contribution in [2.75, 3.05) is 0 Å². The largest absolute Gasteiger partial charge is 0.481 e. The summed E-state index contributed by atoms with van der Waals surface area (Å²) in [4.78, 5) is 24.8. The van der Waals surface area contributed by atoms with Crippen molar-refractivity contribution in [3.63, 3.8) is 0 Å². The average molecular weight is 382 g/mol. The van der Waals surface area contributed by atoms with E-state index in [1.807, 2.05) is 43.6 Å². The molecule has 4 rings (SSSR count). The maximum atomic E-state index is 9.60. The van der Waals surface area contributed by atoms with E-state index in [1.165, 1.54) is 21.8 Å². The molecular formula is C22H26N2O4. The third-order valence-electron chi connectivity index (χ3n) is 3.39. The van der Waals surface area contributed by atoms with E-state index in [0.717, 1.165) is 13.3 Å². The molecule has 0 atom stereocenters. The van der Waals surface area contributed by atoms with Crippen LogP contribution in [0.2, 0.25) is 0 Å². The molecule has 148 valence electrons. The van der Waals surface area contributed by atoms with Gasteiger partial charge in [-0.1, -0.05) is 43.3 Å². The Labute approximate surface area is 163 Å². The smallest absolute Gasteiger partial charge is 0.303 e. The monoisotopic (exact) mass is 382 g/mol. The normalized spacial score (nSPS) is 9.21. The number of rotatable bonds is 2. The molecule has 28 heavy (non-hydrogen) atoms. The molecule has 0 bridgehead atoms. The second-order valence-corrected chi connectivity index (χ2v) is 5.79. The van der Waals surface area contributed by atoms with Crippen LogP contribution >= 0.6 is 0 Å². The molecule has 6 heteroatoms. The van der Waals surface area contributed by atoms with Gasteiger partial charge >= 0.3 is 5.97 Å². The lowest BCUT2D eigenvalue weighted by Crippen LogP contribution is -1.90. The van der Waals surface area contributed by atoms with Crippen LogP contribution in [0.4, 0.5) is 0 Å². The Kier molecular flexibility index (Phi) is 10.3. The van der Waals surface area contributed by atoms with E-state index in [0.29, 0.717) is 6.42 Å². The Balaban J connectivity index is 0.000000197. The molecule has 4 aromatic rings. The first-order chi connectivity index (χ1) is 13.4. The highest BCUT2D eigenvalue weighted by Gasteiger charge is 1.88. The van der Waals surface area contributed by atoms with Crippen LogP contribution in [0, 0.1) is 0 Å². The zero-order valence-corrected chi connectivity index (χ0v) is 16.1. The fraction of sp³-hybridized carbons (Fsp3) is 0.182. The van der Waals surface area contributed by atoms with E-state index in [-0.39, 0.29) is 0 Å². The molecular weight excluding hydrogens is 356 g/mol. The molecule has 0 fully saturated rings. The minimum absolute atomic E-state index is 0.292. The predicted molar refractivity (Wildman–Crippen MR) is 112 cm³/mol. The maximum Gasteiger partial charge on any atom is 0.303 e. The van der Waals surface area contributed by atoms with Gasteiger partial charge in [-0.05, 0) is 41.5 Å². The number of H-pyrrole nitrogens is 2. The molecule has 6 nitrogen and oxygen atoms in total. The Morgan fingerprint density at radius 2 is 1.18 bits per heavy atom. The van der Waals surface area contributed by atoms with E-state index in [9.17, 15) is 4.79 Å². The third-order valence-corrected chi connectivity index (χ3v) is 3.39. The van der Waals surface area contributed by atoms with Crippen LogP contribution in [0.25, 0.3) is 21.8 Å². The predicted octanol–water partition coefficient (Wildman–Crippen LogP) is 5.30. The van der Waals surface area contributed by atoms with E-state index >= 15 is 0 Å². The Hall–Kier alpha value is -3.54. The molecule has 2 aromatic heterocycles. The van der Waals surface area contributed by atoms with Crippen LogP contribution in [0.1, 0.15) is 26.7 Å². The second kappa shape index (κ2) is 12.8. The molecule has 0 saturated carbocycles. The second-order valence-electron chi connectivity index (χ2n) is 5.79. The number of fused-ring (bicyclic) bond motifs is 2. The molecule has 0 aliphatic carbocycles. The highest BCUT2D eigenvalue weighted by Crippen LogP contribution is 2.09. The van der Waals surface area contributed by atoms with Gasteiger partial charge in [-0.25, -0.2) is 0 Å². The number of para-hydroxylation sites is 2. The summed E-state index contributed by atoms with van der Waals surface area (Å²) in [6.07, 6.45) is 4.92. The Morgan fingerprint density at radius 1 is 0.786 bits per heavy atom. The summed E-state index contributed by atoms with van der Waals surface area (Å²) >= 11 is 0. The number of hydrogen-bond donors (Lipinski definition) is 4. The number of aromatic amines is 2. The van der Waals surface area contributed by atoms with Gasteiger partial charge in [-0.15, -0.1) is 0 Å². The van der Waals surface area contributed by atoms with Crippen molar-refractivity contribution < 1.29 is 19.8 Å². The summed E-state index contributed by atoms with van der Waals surface area (Å²) in [5, 5.41) is 17.9. The summed E-state index contributed by atoms with van der Waals surface area (Å²) < 4.78 is 0. The van der Waals surface area contributed by atoms with Crippen molar-refractivity contribution in [3.05, 3.63) is 73.1 Å². The maximum absolute atomic E-state index is 9.60. The summed E-state index contributed by atoms with van der Waals surface area (Å²) in [5.41, 5.74) is 2.41. The Morgan fingerprint density at radius 3 is 1.46 bits per heavy atom. The van der Waals surface area contributed by atoms with E-state index in [4.69, 9.17) is 15.0 Å². The molecule has 2 aromatic carbocycles. The lowest BCUT2D eigenvalue weighted by Gasteiger charge is -1.83. The lowest BCUT2D eigenvalue weighted by atomic mass is 10.3. The standard InChI is InChI=1S/2C8H7N.C4H8O2.C2H4O2/c2*1-2-4-8-7(3-1)5-6-9-8;1-2-3-4(5)6;1-2(3)4/h2*1-6,9H;2-3H2,1H3,(H,5,6);1H3,(H,3,4). The van der Waals surface area contributed by atoms with E-state index in [1.54, 1.807) is 0 Å². The van der Waals surface area contributed by atoms with Crippen molar-refractivity contribution >= 4 is 33.7 Å². The Bertz CT molecular complexity index is 842. The number of aromatic nitrogens is 2. The van der Waals surface area contributed by atoms with Gasteiger partial charge in [0.1, 0.15) is 0 Å². The van der Waals surface area contributed by atoms with Gasteiger partial charge in [0, 0.05) is 36.8 Å². The van der Waals surface area contributed by atoms with Gasteiger partial charge in [-0.3, -0.25) is 9.59 Å². The molecule has 0 unspecified atom stereocenters. The topological polar surface area (TPSA) is 106 Å². The molecule has 4 N–H and O–H groups in total. The van der Waals surface area contributed by atoms with Gasteiger partial charge in [0.15, 0.2) is 0 Å². The van der Waals surface area contributed by atoms with Crippen molar-refractivity contribution in [1.29, 1.82) is 0 Å². The SMILES string of the molecule is CC(=O)O.CCCC(=O)O.c1ccc2[nH]ccc2c1.c1ccc2[nH]ccc2c1. The van der Waals surface area contributed by atoms with Crippen LogP contribution in [0.5, 0.6) is 0 Å².